The smallest absolute Gasteiger partial charge is 0.244 e. The Hall–Kier alpha value is -2.89. The highest BCUT2D eigenvalue weighted by atomic mass is 16.3. The number of furan rings is 1. The van der Waals surface area contributed by atoms with E-state index >= 15 is 0 Å². The van der Waals surface area contributed by atoms with Crippen molar-refractivity contribution in [2.45, 2.75) is 13.5 Å². The number of rotatable bonds is 4. The monoisotopic (exact) mass is 282 g/mol. The first kappa shape index (κ1) is 13.1. The number of fused-ring (bicyclic) bond motifs is 1. The number of aryl methyl sites for hydroxylation is 1. The maximum atomic E-state index is 11.8. The molecular formula is C15H14N4O2. The summed E-state index contributed by atoms with van der Waals surface area (Å²) in [6.45, 7) is 2.17. The molecule has 3 aromatic heterocycles. The second-order valence-corrected chi connectivity index (χ2v) is 4.54. The van der Waals surface area contributed by atoms with E-state index < -0.39 is 0 Å². The minimum absolute atomic E-state index is 0.211. The topological polar surface area (TPSA) is 72.4 Å². The van der Waals surface area contributed by atoms with Crippen molar-refractivity contribution in [2.75, 3.05) is 0 Å². The maximum absolute atomic E-state index is 11.8. The van der Waals surface area contributed by atoms with E-state index in [1.165, 1.54) is 6.08 Å². The highest BCUT2D eigenvalue weighted by molar-refractivity contribution is 5.91. The molecule has 0 radical (unpaired) electrons. The summed E-state index contributed by atoms with van der Waals surface area (Å²) in [7, 11) is 0. The zero-order valence-corrected chi connectivity index (χ0v) is 11.5. The Bertz CT molecular complexity index is 801. The van der Waals surface area contributed by atoms with Gasteiger partial charge in [-0.15, -0.1) is 10.2 Å². The highest BCUT2D eigenvalue weighted by Gasteiger charge is 2.05. The Morgan fingerprint density at radius 2 is 2.24 bits per heavy atom. The van der Waals surface area contributed by atoms with Crippen LogP contribution in [0, 0.1) is 6.92 Å². The molecule has 3 rings (SSSR count). The van der Waals surface area contributed by atoms with Crippen molar-refractivity contribution in [1.82, 2.24) is 19.9 Å². The fourth-order valence-corrected chi connectivity index (χ4v) is 1.94. The van der Waals surface area contributed by atoms with Crippen LogP contribution in [0.5, 0.6) is 0 Å². The normalized spacial score (nSPS) is 11.3. The molecule has 0 unspecified atom stereocenters. The Balaban J connectivity index is 1.62. The van der Waals surface area contributed by atoms with Gasteiger partial charge in [-0.2, -0.15) is 0 Å². The molecule has 0 saturated carbocycles. The molecule has 106 valence electrons. The van der Waals surface area contributed by atoms with Crippen molar-refractivity contribution < 1.29 is 9.21 Å². The number of carbonyl (C=O) groups excluding carboxylic acids is 1. The highest BCUT2D eigenvalue weighted by Crippen LogP contribution is 2.07. The Labute approximate surface area is 121 Å². The van der Waals surface area contributed by atoms with Crippen LogP contribution in [0.15, 0.2) is 47.0 Å². The average Bonchev–Trinajstić information content (AvgIpc) is 3.09. The van der Waals surface area contributed by atoms with Crippen molar-refractivity contribution in [3.8, 4) is 0 Å². The number of nitrogens with zero attached hydrogens (tertiary/aromatic N) is 3. The van der Waals surface area contributed by atoms with Gasteiger partial charge in [-0.25, -0.2) is 0 Å². The van der Waals surface area contributed by atoms with Gasteiger partial charge in [0.2, 0.25) is 5.91 Å². The Morgan fingerprint density at radius 1 is 1.33 bits per heavy atom. The number of aromatic nitrogens is 3. The van der Waals surface area contributed by atoms with Crippen molar-refractivity contribution >= 4 is 17.6 Å². The van der Waals surface area contributed by atoms with E-state index in [1.807, 2.05) is 47.9 Å². The van der Waals surface area contributed by atoms with Crippen LogP contribution in [0.2, 0.25) is 0 Å². The van der Waals surface area contributed by atoms with Crippen LogP contribution < -0.4 is 5.32 Å². The molecule has 0 aromatic carbocycles. The molecular weight excluding hydrogens is 268 g/mol. The molecule has 0 atom stereocenters. The maximum Gasteiger partial charge on any atom is 0.244 e. The fraction of sp³-hybridized carbons (Fsp3) is 0.133. The molecule has 6 heteroatoms. The number of nitrogens with one attached hydrogen (secondary N) is 1. The van der Waals surface area contributed by atoms with Crippen LogP contribution in [0.3, 0.4) is 0 Å². The summed E-state index contributed by atoms with van der Waals surface area (Å²) in [5.41, 5.74) is 0.753. The molecule has 1 N–H and O–H groups in total. The summed E-state index contributed by atoms with van der Waals surface area (Å²) in [5, 5.41) is 10.8. The van der Waals surface area contributed by atoms with E-state index in [-0.39, 0.29) is 5.91 Å². The molecule has 0 saturated heterocycles. The summed E-state index contributed by atoms with van der Waals surface area (Å²) < 4.78 is 7.18. The molecule has 0 fully saturated rings. The molecule has 3 aromatic rings. The van der Waals surface area contributed by atoms with Gasteiger partial charge in [0.15, 0.2) is 11.5 Å². The van der Waals surface area contributed by atoms with Crippen molar-refractivity contribution in [3.05, 3.63) is 59.9 Å². The van der Waals surface area contributed by atoms with Crippen molar-refractivity contribution in [3.63, 3.8) is 0 Å². The third-order valence-corrected chi connectivity index (χ3v) is 2.97. The molecule has 6 nitrogen and oxygen atoms in total. The van der Waals surface area contributed by atoms with Gasteiger partial charge in [0.25, 0.3) is 0 Å². The van der Waals surface area contributed by atoms with Crippen LogP contribution in [-0.2, 0) is 11.3 Å². The second-order valence-electron chi connectivity index (χ2n) is 4.54. The lowest BCUT2D eigenvalue weighted by Crippen LogP contribution is -2.21. The molecule has 3 heterocycles. The zero-order chi connectivity index (χ0) is 14.7. The van der Waals surface area contributed by atoms with Crippen LogP contribution >= 0.6 is 0 Å². The largest absolute Gasteiger partial charge is 0.462 e. The minimum atomic E-state index is -0.211. The van der Waals surface area contributed by atoms with Crippen LogP contribution in [-0.4, -0.2) is 20.5 Å². The number of hydrogen-bond acceptors (Lipinski definition) is 4. The van der Waals surface area contributed by atoms with Crippen molar-refractivity contribution in [1.29, 1.82) is 0 Å². The van der Waals surface area contributed by atoms with E-state index in [1.54, 1.807) is 6.08 Å². The van der Waals surface area contributed by atoms with Gasteiger partial charge in [0, 0.05) is 12.3 Å². The van der Waals surface area contributed by atoms with Crippen LogP contribution in [0.25, 0.3) is 11.7 Å². The summed E-state index contributed by atoms with van der Waals surface area (Å²) in [6.07, 6.45) is 4.92. The zero-order valence-electron chi connectivity index (χ0n) is 11.5. The van der Waals surface area contributed by atoms with E-state index in [0.717, 1.165) is 11.4 Å². The summed E-state index contributed by atoms with van der Waals surface area (Å²) in [6, 6.07) is 9.30. The lowest BCUT2D eigenvalue weighted by molar-refractivity contribution is -0.116. The standard InChI is InChI=1S/C15H14N4O2/c1-11-5-6-12(21-11)7-8-15(20)16-10-14-18-17-13-4-2-3-9-19(13)14/h2-9H,10H2,1H3,(H,16,20)/b8-7+. The van der Waals surface area contributed by atoms with E-state index in [2.05, 4.69) is 15.5 Å². The van der Waals surface area contributed by atoms with Crippen molar-refractivity contribution in [2.24, 2.45) is 0 Å². The number of pyridine rings is 1. The quantitative estimate of drug-likeness (QED) is 0.742. The first-order valence-corrected chi connectivity index (χ1v) is 6.53. The predicted molar refractivity (Wildman–Crippen MR) is 77.3 cm³/mol. The van der Waals surface area contributed by atoms with E-state index in [9.17, 15) is 4.79 Å². The Morgan fingerprint density at radius 3 is 3.05 bits per heavy atom. The average molecular weight is 282 g/mol. The predicted octanol–water partition coefficient (Wildman–Crippen LogP) is 1.96. The van der Waals surface area contributed by atoms with E-state index in [0.29, 0.717) is 18.1 Å². The molecule has 1 amide bonds. The summed E-state index contributed by atoms with van der Waals surface area (Å²) in [5.74, 6) is 1.93. The van der Waals surface area contributed by atoms with Gasteiger partial charge in [0.1, 0.15) is 11.5 Å². The van der Waals surface area contributed by atoms with Crippen LogP contribution in [0.4, 0.5) is 0 Å². The van der Waals surface area contributed by atoms with Gasteiger partial charge in [0.05, 0.1) is 6.54 Å². The lowest BCUT2D eigenvalue weighted by atomic mass is 10.4. The van der Waals surface area contributed by atoms with E-state index in [4.69, 9.17) is 4.42 Å². The molecule has 0 aliphatic heterocycles. The number of carbonyl (C=O) groups is 1. The molecule has 21 heavy (non-hydrogen) atoms. The van der Waals surface area contributed by atoms with Gasteiger partial charge in [-0.05, 0) is 37.3 Å². The summed E-state index contributed by atoms with van der Waals surface area (Å²) in [4.78, 5) is 11.8. The van der Waals surface area contributed by atoms with Gasteiger partial charge in [-0.1, -0.05) is 6.07 Å². The van der Waals surface area contributed by atoms with Gasteiger partial charge in [-0.3, -0.25) is 9.20 Å². The third kappa shape index (κ3) is 3.00. The second kappa shape index (κ2) is 5.62. The van der Waals surface area contributed by atoms with Crippen LogP contribution in [0.1, 0.15) is 17.3 Å². The fourth-order valence-electron chi connectivity index (χ4n) is 1.94. The Kier molecular flexibility index (Phi) is 3.51. The number of hydrogen-bond donors (Lipinski definition) is 1. The van der Waals surface area contributed by atoms with Gasteiger partial charge >= 0.3 is 0 Å². The lowest BCUT2D eigenvalue weighted by Gasteiger charge is -2.00. The SMILES string of the molecule is Cc1ccc(/C=C/C(=O)NCc2nnc3ccccn23)o1. The first-order chi connectivity index (χ1) is 10.2. The molecule has 0 spiro atoms. The minimum Gasteiger partial charge on any atom is -0.462 e. The third-order valence-electron chi connectivity index (χ3n) is 2.97. The number of amides is 1. The molecule has 0 aliphatic rings. The van der Waals surface area contributed by atoms with Gasteiger partial charge < -0.3 is 9.73 Å². The summed E-state index contributed by atoms with van der Waals surface area (Å²) >= 11 is 0. The molecule has 0 aliphatic carbocycles. The first-order valence-electron chi connectivity index (χ1n) is 6.53. The molecule has 0 bridgehead atoms.